The quantitative estimate of drug-likeness (QED) is 0.543. The van der Waals surface area contributed by atoms with Gasteiger partial charge >= 0.3 is 0 Å². The van der Waals surface area contributed by atoms with Crippen molar-refractivity contribution in [2.45, 2.75) is 26.8 Å². The molecule has 0 aliphatic carbocycles. The molecule has 2 heterocycles. The van der Waals surface area contributed by atoms with Crippen molar-refractivity contribution in [1.82, 2.24) is 24.8 Å². The van der Waals surface area contributed by atoms with E-state index in [1.165, 1.54) is 17.1 Å². The number of benzene rings is 1. The van der Waals surface area contributed by atoms with Gasteiger partial charge in [-0.25, -0.2) is 9.94 Å². The zero-order valence-corrected chi connectivity index (χ0v) is 15.1. The van der Waals surface area contributed by atoms with Crippen LogP contribution in [0.5, 0.6) is 0 Å². The first kappa shape index (κ1) is 17.8. The smallest absolute Gasteiger partial charge is 0.261 e. The summed E-state index contributed by atoms with van der Waals surface area (Å²) in [5.41, 5.74) is 4.63. The first-order chi connectivity index (χ1) is 12.5. The molecule has 0 aliphatic rings. The monoisotopic (exact) mass is 372 g/mol. The van der Waals surface area contributed by atoms with Crippen molar-refractivity contribution in [3.63, 3.8) is 0 Å². The van der Waals surface area contributed by atoms with E-state index in [1.807, 2.05) is 6.92 Å². The van der Waals surface area contributed by atoms with Crippen LogP contribution in [0, 0.1) is 6.92 Å². The molecule has 9 heteroatoms. The molecule has 26 heavy (non-hydrogen) atoms. The van der Waals surface area contributed by atoms with Crippen molar-refractivity contribution >= 4 is 29.4 Å². The van der Waals surface area contributed by atoms with E-state index >= 15 is 0 Å². The number of nitrogens with one attached hydrogen (secondary N) is 1. The summed E-state index contributed by atoms with van der Waals surface area (Å²) < 4.78 is 3.14. The van der Waals surface area contributed by atoms with Crippen molar-refractivity contribution in [2.24, 2.45) is 5.10 Å². The highest BCUT2D eigenvalue weighted by atomic mass is 35.5. The van der Waals surface area contributed by atoms with Crippen molar-refractivity contribution in [1.29, 1.82) is 0 Å². The van der Waals surface area contributed by atoms with Crippen molar-refractivity contribution in [2.75, 3.05) is 0 Å². The Kier molecular flexibility index (Phi) is 5.13. The second-order valence-electron chi connectivity index (χ2n) is 5.65. The van der Waals surface area contributed by atoms with Crippen LogP contribution < -0.4 is 10.9 Å². The molecular formula is C17H17ClN6O2. The van der Waals surface area contributed by atoms with Crippen LogP contribution in [0.25, 0.3) is 5.65 Å². The third-order valence-corrected chi connectivity index (χ3v) is 4.26. The number of amides is 1. The molecule has 0 fully saturated rings. The molecule has 1 N–H and O–H groups in total. The van der Waals surface area contributed by atoms with Gasteiger partial charge in [-0.1, -0.05) is 30.7 Å². The van der Waals surface area contributed by atoms with Gasteiger partial charge < -0.3 is 0 Å². The fourth-order valence-corrected chi connectivity index (χ4v) is 2.81. The van der Waals surface area contributed by atoms with Gasteiger partial charge in [-0.2, -0.15) is 5.10 Å². The average Bonchev–Trinajstić information content (AvgIpc) is 3.11. The molecule has 3 rings (SSSR count). The molecular weight excluding hydrogens is 356 g/mol. The van der Waals surface area contributed by atoms with Crippen molar-refractivity contribution in [3.05, 3.63) is 62.7 Å². The largest absolute Gasteiger partial charge is 0.285 e. The van der Waals surface area contributed by atoms with E-state index in [2.05, 4.69) is 20.7 Å². The van der Waals surface area contributed by atoms with Crippen LogP contribution in [-0.2, 0) is 17.8 Å². The molecule has 0 spiro atoms. The summed E-state index contributed by atoms with van der Waals surface area (Å²) in [6.07, 6.45) is 3.48. The van der Waals surface area contributed by atoms with Gasteiger partial charge in [0.15, 0.2) is 0 Å². The average molecular weight is 373 g/mol. The maximum Gasteiger partial charge on any atom is 0.261 e. The normalized spacial score (nSPS) is 11.3. The number of nitrogens with zero attached hydrogens (tertiary/aromatic N) is 5. The van der Waals surface area contributed by atoms with E-state index in [4.69, 9.17) is 11.6 Å². The third-order valence-electron chi connectivity index (χ3n) is 4.01. The van der Waals surface area contributed by atoms with Crippen LogP contribution in [0.2, 0.25) is 5.02 Å². The second kappa shape index (κ2) is 7.49. The summed E-state index contributed by atoms with van der Waals surface area (Å²) >= 11 is 5.82. The molecule has 0 bridgehead atoms. The molecule has 0 unspecified atom stereocenters. The zero-order valence-electron chi connectivity index (χ0n) is 14.3. The molecule has 1 aromatic carbocycles. The van der Waals surface area contributed by atoms with Crippen molar-refractivity contribution < 1.29 is 4.79 Å². The lowest BCUT2D eigenvalue weighted by Crippen LogP contribution is -2.30. The topological polar surface area (TPSA) is 93.7 Å². The lowest BCUT2D eigenvalue weighted by molar-refractivity contribution is -0.121. The highest BCUT2D eigenvalue weighted by Crippen LogP contribution is 2.08. The van der Waals surface area contributed by atoms with E-state index in [-0.39, 0.29) is 23.5 Å². The number of aromatic nitrogens is 4. The standard InChI is InChI=1S/C17H17ClN6O2/c1-3-14-11(2)23(24-10-20-22-17(24)16(14)26)9-15(25)21-19-8-12-4-6-13(18)7-5-12/h4-8,10H,3,9H2,1-2H3,(H,21,25)/b19-8+. The van der Waals surface area contributed by atoms with Crippen LogP contribution in [-0.4, -0.2) is 31.5 Å². The molecule has 3 aromatic rings. The minimum Gasteiger partial charge on any atom is -0.285 e. The summed E-state index contributed by atoms with van der Waals surface area (Å²) in [6.45, 7) is 3.66. The van der Waals surface area contributed by atoms with Crippen LogP contribution in [0.15, 0.2) is 40.5 Å². The first-order valence-corrected chi connectivity index (χ1v) is 8.38. The van der Waals surface area contributed by atoms with Gasteiger partial charge in [-0.15, -0.1) is 10.2 Å². The van der Waals surface area contributed by atoms with Crippen LogP contribution in [0.3, 0.4) is 0 Å². The zero-order chi connectivity index (χ0) is 18.7. The van der Waals surface area contributed by atoms with Crippen molar-refractivity contribution in [3.8, 4) is 0 Å². The predicted octanol–water partition coefficient (Wildman–Crippen LogP) is 1.57. The van der Waals surface area contributed by atoms with E-state index < -0.39 is 0 Å². The Bertz CT molecular complexity index is 1040. The number of carbonyl (C=O) groups is 1. The van der Waals surface area contributed by atoms with Gasteiger partial charge in [0.25, 0.3) is 5.91 Å². The maximum atomic E-state index is 12.4. The summed E-state index contributed by atoms with van der Waals surface area (Å²) in [5, 5.41) is 12.2. The highest BCUT2D eigenvalue weighted by molar-refractivity contribution is 6.30. The van der Waals surface area contributed by atoms with Crippen LogP contribution in [0.1, 0.15) is 23.7 Å². The molecule has 0 aliphatic heterocycles. The van der Waals surface area contributed by atoms with Gasteiger partial charge in [-0.05, 0) is 31.0 Å². The summed E-state index contributed by atoms with van der Waals surface area (Å²) in [4.78, 5) is 24.6. The van der Waals surface area contributed by atoms with E-state index in [9.17, 15) is 9.59 Å². The summed E-state index contributed by atoms with van der Waals surface area (Å²) in [6, 6.07) is 7.06. The molecule has 2 aromatic heterocycles. The molecule has 0 saturated carbocycles. The molecule has 0 radical (unpaired) electrons. The molecule has 8 nitrogen and oxygen atoms in total. The Morgan fingerprint density at radius 2 is 2.08 bits per heavy atom. The second-order valence-corrected chi connectivity index (χ2v) is 6.08. The summed E-state index contributed by atoms with van der Waals surface area (Å²) in [7, 11) is 0. The Hall–Kier alpha value is -3.00. The minimum atomic E-state index is -0.334. The number of carbonyl (C=O) groups excluding carboxylic acids is 1. The van der Waals surface area contributed by atoms with Crippen LogP contribution >= 0.6 is 11.6 Å². The number of hydrazone groups is 1. The fraction of sp³-hybridized carbons (Fsp3) is 0.235. The number of hydrogen-bond donors (Lipinski definition) is 1. The van der Waals surface area contributed by atoms with Crippen LogP contribution in [0.4, 0.5) is 0 Å². The van der Waals surface area contributed by atoms with E-state index in [1.54, 1.807) is 35.9 Å². The van der Waals surface area contributed by atoms with Gasteiger partial charge in [0.05, 0.1) is 6.21 Å². The molecule has 0 atom stereocenters. The van der Waals surface area contributed by atoms with Gasteiger partial charge in [-0.3, -0.25) is 14.3 Å². The Morgan fingerprint density at radius 1 is 1.35 bits per heavy atom. The Morgan fingerprint density at radius 3 is 2.77 bits per heavy atom. The minimum absolute atomic E-state index is 0.0222. The number of rotatable bonds is 5. The van der Waals surface area contributed by atoms with Gasteiger partial charge in [0.2, 0.25) is 11.1 Å². The third kappa shape index (κ3) is 3.50. The molecule has 134 valence electrons. The van der Waals surface area contributed by atoms with Gasteiger partial charge in [0.1, 0.15) is 12.9 Å². The van der Waals surface area contributed by atoms with Gasteiger partial charge in [0, 0.05) is 16.3 Å². The summed E-state index contributed by atoms with van der Waals surface area (Å²) in [5.74, 6) is -0.334. The Balaban J connectivity index is 1.80. The highest BCUT2D eigenvalue weighted by Gasteiger charge is 2.16. The fourth-order valence-electron chi connectivity index (χ4n) is 2.68. The molecule has 1 amide bonds. The number of hydrogen-bond acceptors (Lipinski definition) is 5. The van der Waals surface area contributed by atoms with E-state index in [0.29, 0.717) is 22.7 Å². The Labute approximate surface area is 154 Å². The SMILES string of the molecule is CCc1c(C)n(CC(=O)N/N=C/c2ccc(Cl)cc2)n2cnnc2c1=O. The lowest BCUT2D eigenvalue weighted by Gasteiger charge is -2.15. The molecule has 0 saturated heterocycles. The maximum absolute atomic E-state index is 12.4. The first-order valence-electron chi connectivity index (χ1n) is 8.01. The number of fused-ring (bicyclic) bond motifs is 1. The predicted molar refractivity (Wildman–Crippen MR) is 98.6 cm³/mol. The van der Waals surface area contributed by atoms with E-state index in [0.717, 1.165) is 5.56 Å². The number of halogens is 1. The lowest BCUT2D eigenvalue weighted by atomic mass is 10.1.